The van der Waals surface area contributed by atoms with Crippen LogP contribution in [0.15, 0.2) is 5.03 Å². The number of hydrogen-bond acceptors (Lipinski definition) is 5. The summed E-state index contributed by atoms with van der Waals surface area (Å²) in [5.41, 5.74) is 1.18. The first-order chi connectivity index (χ1) is 9.69. The van der Waals surface area contributed by atoms with Crippen molar-refractivity contribution in [2.24, 2.45) is 0 Å². The average molecular weight is 293 g/mol. The Morgan fingerprint density at radius 1 is 1.30 bits per heavy atom. The quantitative estimate of drug-likeness (QED) is 0.843. The predicted molar refractivity (Wildman–Crippen MR) is 82.6 cm³/mol. The smallest absolute Gasteiger partial charge is 0.135 e. The SMILES string of the molecule is CCNc1nc(C2CC2)nc(SC2CCOC2C)c1C. The first-order valence-corrected chi connectivity index (χ1v) is 8.47. The van der Waals surface area contributed by atoms with Gasteiger partial charge in [-0.05, 0) is 40.0 Å². The van der Waals surface area contributed by atoms with E-state index in [1.807, 2.05) is 11.8 Å². The van der Waals surface area contributed by atoms with Gasteiger partial charge in [-0.2, -0.15) is 0 Å². The third kappa shape index (κ3) is 2.93. The summed E-state index contributed by atoms with van der Waals surface area (Å²) in [5.74, 6) is 2.63. The zero-order valence-electron chi connectivity index (χ0n) is 12.5. The van der Waals surface area contributed by atoms with Crippen molar-refractivity contribution in [3.63, 3.8) is 0 Å². The maximum absolute atomic E-state index is 5.67. The highest BCUT2D eigenvalue weighted by Gasteiger charge is 2.30. The Morgan fingerprint density at radius 2 is 2.10 bits per heavy atom. The number of rotatable bonds is 5. The van der Waals surface area contributed by atoms with E-state index in [4.69, 9.17) is 14.7 Å². The van der Waals surface area contributed by atoms with E-state index in [0.29, 0.717) is 17.3 Å². The zero-order valence-corrected chi connectivity index (χ0v) is 13.3. The van der Waals surface area contributed by atoms with Gasteiger partial charge in [0, 0.05) is 29.9 Å². The van der Waals surface area contributed by atoms with E-state index in [1.54, 1.807) is 0 Å². The van der Waals surface area contributed by atoms with Crippen LogP contribution in [0.2, 0.25) is 0 Å². The van der Waals surface area contributed by atoms with Crippen molar-refractivity contribution in [2.75, 3.05) is 18.5 Å². The Labute approximate surface area is 125 Å². The normalized spacial score (nSPS) is 25.9. The van der Waals surface area contributed by atoms with E-state index in [-0.39, 0.29) is 0 Å². The molecule has 2 fully saturated rings. The van der Waals surface area contributed by atoms with Crippen LogP contribution in [0, 0.1) is 6.92 Å². The summed E-state index contributed by atoms with van der Waals surface area (Å²) in [6.07, 6.45) is 3.91. The maximum atomic E-state index is 5.67. The van der Waals surface area contributed by atoms with E-state index in [0.717, 1.165) is 36.2 Å². The van der Waals surface area contributed by atoms with E-state index >= 15 is 0 Å². The molecule has 1 aliphatic heterocycles. The zero-order chi connectivity index (χ0) is 14.1. The molecule has 1 saturated heterocycles. The molecule has 2 aliphatic rings. The van der Waals surface area contributed by atoms with Crippen LogP contribution < -0.4 is 5.32 Å². The minimum atomic E-state index is 0.321. The predicted octanol–water partition coefficient (Wildman–Crippen LogP) is 3.36. The van der Waals surface area contributed by atoms with E-state index in [1.165, 1.54) is 18.4 Å². The lowest BCUT2D eigenvalue weighted by atomic mass is 10.3. The van der Waals surface area contributed by atoms with Crippen LogP contribution in [0.1, 0.15) is 50.4 Å². The van der Waals surface area contributed by atoms with Crippen molar-refractivity contribution in [3.05, 3.63) is 11.4 Å². The summed E-state index contributed by atoms with van der Waals surface area (Å²) < 4.78 is 5.67. The minimum Gasteiger partial charge on any atom is -0.377 e. The molecule has 1 aliphatic carbocycles. The number of thioether (sulfide) groups is 1. The molecule has 4 nitrogen and oxygen atoms in total. The Kier molecular flexibility index (Phi) is 4.17. The Balaban J connectivity index is 1.87. The Hall–Kier alpha value is -0.810. The lowest BCUT2D eigenvalue weighted by molar-refractivity contribution is 0.127. The van der Waals surface area contributed by atoms with Gasteiger partial charge in [0.15, 0.2) is 0 Å². The van der Waals surface area contributed by atoms with Crippen LogP contribution >= 0.6 is 11.8 Å². The molecule has 0 bridgehead atoms. The first kappa shape index (κ1) is 14.1. The summed E-state index contributed by atoms with van der Waals surface area (Å²) in [4.78, 5) is 9.54. The second-order valence-corrected chi connectivity index (χ2v) is 6.91. The molecule has 2 unspecified atom stereocenters. The van der Waals surface area contributed by atoms with E-state index in [9.17, 15) is 0 Å². The van der Waals surface area contributed by atoms with Gasteiger partial charge < -0.3 is 10.1 Å². The fourth-order valence-corrected chi connectivity index (χ4v) is 3.69. The van der Waals surface area contributed by atoms with Crippen LogP contribution in [0.3, 0.4) is 0 Å². The van der Waals surface area contributed by atoms with Crippen LogP contribution in [0.5, 0.6) is 0 Å². The third-order valence-electron chi connectivity index (χ3n) is 3.97. The molecule has 1 N–H and O–H groups in total. The second kappa shape index (κ2) is 5.90. The molecular formula is C15H23N3OS. The molecule has 2 atom stereocenters. The number of anilines is 1. The molecule has 0 spiro atoms. The lowest BCUT2D eigenvalue weighted by Gasteiger charge is -2.17. The standard InChI is InChI=1S/C15H23N3OS/c1-4-16-13-9(2)15(18-14(17-13)11-5-6-11)20-12-7-8-19-10(12)3/h10-12H,4-8H2,1-3H3,(H,16,17,18). The van der Waals surface area contributed by atoms with Crippen LogP contribution in [-0.2, 0) is 4.74 Å². The first-order valence-electron chi connectivity index (χ1n) is 7.59. The molecular weight excluding hydrogens is 270 g/mol. The van der Waals surface area contributed by atoms with Gasteiger partial charge in [-0.15, -0.1) is 0 Å². The molecule has 5 heteroatoms. The summed E-state index contributed by atoms with van der Waals surface area (Å²) in [6, 6.07) is 0. The fraction of sp³-hybridized carbons (Fsp3) is 0.733. The van der Waals surface area contributed by atoms with Crippen molar-refractivity contribution < 1.29 is 4.74 Å². The highest BCUT2D eigenvalue weighted by molar-refractivity contribution is 8.00. The molecule has 3 rings (SSSR count). The van der Waals surface area contributed by atoms with Gasteiger partial charge >= 0.3 is 0 Å². The molecule has 1 saturated carbocycles. The highest BCUT2D eigenvalue weighted by atomic mass is 32.2. The van der Waals surface area contributed by atoms with E-state index < -0.39 is 0 Å². The molecule has 20 heavy (non-hydrogen) atoms. The second-order valence-electron chi connectivity index (χ2n) is 5.69. The number of hydrogen-bond donors (Lipinski definition) is 1. The fourth-order valence-electron chi connectivity index (χ4n) is 2.50. The van der Waals surface area contributed by atoms with Gasteiger partial charge in [0.1, 0.15) is 16.7 Å². The number of nitrogens with zero attached hydrogens (tertiary/aromatic N) is 2. The van der Waals surface area contributed by atoms with Crippen LogP contribution in [0.25, 0.3) is 0 Å². The molecule has 0 aromatic carbocycles. The van der Waals surface area contributed by atoms with Gasteiger partial charge in [0.2, 0.25) is 0 Å². The topological polar surface area (TPSA) is 47.0 Å². The molecule has 1 aromatic rings. The summed E-state index contributed by atoms with van der Waals surface area (Å²) in [6.45, 7) is 8.16. The number of aromatic nitrogens is 2. The van der Waals surface area contributed by atoms with E-state index in [2.05, 4.69) is 26.1 Å². The average Bonchev–Trinajstić information content (AvgIpc) is 3.20. The maximum Gasteiger partial charge on any atom is 0.135 e. The van der Waals surface area contributed by atoms with Crippen LogP contribution in [0.4, 0.5) is 5.82 Å². The summed E-state index contributed by atoms with van der Waals surface area (Å²) in [5, 5.41) is 5.04. The molecule has 0 radical (unpaired) electrons. The molecule has 2 heterocycles. The lowest BCUT2D eigenvalue weighted by Crippen LogP contribution is -2.15. The van der Waals surface area contributed by atoms with Gasteiger partial charge in [0.05, 0.1) is 6.10 Å². The summed E-state index contributed by atoms with van der Waals surface area (Å²) >= 11 is 1.87. The number of nitrogens with one attached hydrogen (secondary N) is 1. The van der Waals surface area contributed by atoms with Crippen molar-refractivity contribution in [2.45, 2.75) is 62.3 Å². The third-order valence-corrected chi connectivity index (χ3v) is 5.52. The largest absolute Gasteiger partial charge is 0.377 e. The minimum absolute atomic E-state index is 0.321. The number of ether oxygens (including phenoxy) is 1. The van der Waals surface area contributed by atoms with Crippen molar-refractivity contribution in [3.8, 4) is 0 Å². The Bertz CT molecular complexity index is 490. The van der Waals surface area contributed by atoms with Crippen molar-refractivity contribution in [1.29, 1.82) is 0 Å². The van der Waals surface area contributed by atoms with Crippen LogP contribution in [-0.4, -0.2) is 34.5 Å². The van der Waals surface area contributed by atoms with Gasteiger partial charge in [-0.1, -0.05) is 11.8 Å². The molecule has 0 amide bonds. The Morgan fingerprint density at radius 3 is 2.70 bits per heavy atom. The van der Waals surface area contributed by atoms with Gasteiger partial charge in [-0.25, -0.2) is 9.97 Å². The van der Waals surface area contributed by atoms with Crippen molar-refractivity contribution >= 4 is 17.6 Å². The molecule has 110 valence electrons. The van der Waals surface area contributed by atoms with Gasteiger partial charge in [0.25, 0.3) is 0 Å². The highest BCUT2D eigenvalue weighted by Crippen LogP contribution is 2.41. The van der Waals surface area contributed by atoms with Crippen molar-refractivity contribution in [1.82, 2.24) is 9.97 Å². The monoisotopic (exact) mass is 293 g/mol. The summed E-state index contributed by atoms with van der Waals surface area (Å²) in [7, 11) is 0. The van der Waals surface area contributed by atoms with Gasteiger partial charge in [-0.3, -0.25) is 0 Å². The molecule has 1 aromatic heterocycles.